The van der Waals surface area contributed by atoms with Gasteiger partial charge >= 0.3 is 0 Å². The van der Waals surface area contributed by atoms with E-state index in [1.165, 1.54) is 6.92 Å². The summed E-state index contributed by atoms with van der Waals surface area (Å²) in [6.45, 7) is 4.14. The Labute approximate surface area is 226 Å². The number of aliphatic hydroxyl groups excluding tert-OH is 1. The third-order valence-corrected chi connectivity index (χ3v) is 8.94. The fourth-order valence-electron chi connectivity index (χ4n) is 5.36. The van der Waals surface area contributed by atoms with E-state index in [0.29, 0.717) is 12.1 Å². The van der Waals surface area contributed by atoms with Gasteiger partial charge in [-0.3, -0.25) is 4.79 Å². The Morgan fingerprint density at radius 3 is 2.00 bits per heavy atom. The number of amides is 1. The lowest BCUT2D eigenvalue weighted by atomic mass is 9.89. The van der Waals surface area contributed by atoms with Crippen LogP contribution in [0.1, 0.15) is 54.0 Å². The maximum absolute atomic E-state index is 14.3. The maximum Gasteiger partial charge on any atom is 0.234 e. The second-order valence-corrected chi connectivity index (χ2v) is 12.5. The number of likely N-dealkylation sites (N-methyl/N-ethyl adjacent to an activating group) is 1. The number of nitrogens with zero attached hydrogens (tertiary/aromatic N) is 2. The second-order valence-electron chi connectivity index (χ2n) is 10.4. The van der Waals surface area contributed by atoms with Crippen molar-refractivity contribution >= 4 is 15.7 Å². The Morgan fingerprint density at radius 1 is 0.895 bits per heavy atom. The maximum atomic E-state index is 14.3. The van der Waals surface area contributed by atoms with E-state index in [4.69, 9.17) is 0 Å². The number of likely N-dealkylation sites (tertiary alicyclic amines) is 1. The van der Waals surface area contributed by atoms with Crippen molar-refractivity contribution in [2.24, 2.45) is 0 Å². The number of hydrogen-bond donors (Lipinski definition) is 1. The van der Waals surface area contributed by atoms with Crippen molar-refractivity contribution in [3.63, 3.8) is 0 Å². The Morgan fingerprint density at radius 2 is 1.45 bits per heavy atom. The lowest BCUT2D eigenvalue weighted by Gasteiger charge is -2.35. The standard InChI is InChI=1S/C31H38N2O4S/c1-24(34)22-38(36,37)23-25-12-11-17-28(20-25)29(21-33-18-9-10-19-33)32(2)31(35)30(26-13-5-3-6-14-26)27-15-7-4-8-16-27/h3-8,11-17,20,24,29-30,34H,9-10,18-19,21-23H2,1-2H3/t24?,29-/m1/s1. The minimum atomic E-state index is -3.46. The average Bonchev–Trinajstić information content (AvgIpc) is 3.41. The molecule has 1 unspecified atom stereocenters. The van der Waals surface area contributed by atoms with Crippen LogP contribution in [0, 0.1) is 0 Å². The van der Waals surface area contributed by atoms with Gasteiger partial charge in [0.2, 0.25) is 5.91 Å². The third-order valence-electron chi connectivity index (χ3n) is 7.18. The molecule has 1 aliphatic heterocycles. The van der Waals surface area contributed by atoms with Gasteiger partial charge in [0, 0.05) is 13.6 Å². The minimum Gasteiger partial charge on any atom is -0.392 e. The first kappa shape index (κ1) is 28.0. The quantitative estimate of drug-likeness (QED) is 0.394. The summed E-state index contributed by atoms with van der Waals surface area (Å²) in [7, 11) is -1.60. The molecule has 2 atom stereocenters. The van der Waals surface area contributed by atoms with Gasteiger partial charge in [-0.15, -0.1) is 0 Å². The largest absolute Gasteiger partial charge is 0.392 e. The van der Waals surface area contributed by atoms with Crippen LogP contribution in [0.25, 0.3) is 0 Å². The molecular formula is C31H38N2O4S. The first-order valence-electron chi connectivity index (χ1n) is 13.3. The smallest absolute Gasteiger partial charge is 0.234 e. The van der Waals surface area contributed by atoms with Crippen LogP contribution in [0.5, 0.6) is 0 Å². The van der Waals surface area contributed by atoms with Crippen LogP contribution in [-0.4, -0.2) is 67.8 Å². The Kier molecular flexibility index (Phi) is 9.36. The van der Waals surface area contributed by atoms with Crippen LogP contribution < -0.4 is 0 Å². The van der Waals surface area contributed by atoms with Gasteiger partial charge in [-0.05, 0) is 55.1 Å². The number of carbonyl (C=O) groups excluding carboxylic acids is 1. The molecule has 0 aromatic heterocycles. The topological polar surface area (TPSA) is 77.9 Å². The van der Waals surface area contributed by atoms with Gasteiger partial charge in [0.1, 0.15) is 0 Å². The van der Waals surface area contributed by atoms with E-state index in [-0.39, 0.29) is 23.5 Å². The number of aliphatic hydroxyl groups is 1. The molecule has 1 aliphatic rings. The molecular weight excluding hydrogens is 496 g/mol. The van der Waals surface area contributed by atoms with Crippen LogP contribution >= 0.6 is 0 Å². The van der Waals surface area contributed by atoms with E-state index in [1.54, 1.807) is 6.07 Å². The number of sulfone groups is 1. The van der Waals surface area contributed by atoms with Gasteiger partial charge in [0.15, 0.2) is 9.84 Å². The molecule has 0 aliphatic carbocycles. The fourth-order valence-corrected chi connectivity index (χ4v) is 6.90. The number of benzene rings is 3. The molecule has 3 aromatic carbocycles. The zero-order valence-corrected chi connectivity index (χ0v) is 23.1. The van der Waals surface area contributed by atoms with Crippen molar-refractivity contribution in [1.82, 2.24) is 9.80 Å². The SMILES string of the molecule is CC(O)CS(=O)(=O)Cc1cccc([C@@H](CN2CCCC2)N(C)C(=O)C(c2ccccc2)c2ccccc2)c1. The van der Waals surface area contributed by atoms with Crippen molar-refractivity contribution in [3.8, 4) is 0 Å². The molecule has 3 aromatic rings. The van der Waals surface area contributed by atoms with Crippen LogP contribution in [0.4, 0.5) is 0 Å². The van der Waals surface area contributed by atoms with E-state index in [0.717, 1.165) is 42.6 Å². The molecule has 0 spiro atoms. The molecule has 0 radical (unpaired) electrons. The van der Waals surface area contributed by atoms with Crippen LogP contribution in [0.15, 0.2) is 84.9 Å². The normalized spacial score (nSPS) is 15.9. The summed E-state index contributed by atoms with van der Waals surface area (Å²) < 4.78 is 25.2. The van der Waals surface area contributed by atoms with Gasteiger partial charge in [-0.1, -0.05) is 84.9 Å². The summed E-state index contributed by atoms with van der Waals surface area (Å²) in [6, 6.07) is 27.0. The second kappa shape index (κ2) is 12.7. The highest BCUT2D eigenvalue weighted by atomic mass is 32.2. The predicted octanol–water partition coefficient (Wildman–Crippen LogP) is 4.41. The average molecular weight is 535 g/mol. The highest BCUT2D eigenvalue weighted by Gasteiger charge is 2.32. The fraction of sp³-hybridized carbons (Fsp3) is 0.387. The molecule has 6 nitrogen and oxygen atoms in total. The first-order valence-corrected chi connectivity index (χ1v) is 15.1. The van der Waals surface area contributed by atoms with Gasteiger partial charge in [-0.2, -0.15) is 0 Å². The van der Waals surface area contributed by atoms with E-state index >= 15 is 0 Å². The first-order chi connectivity index (χ1) is 18.2. The summed E-state index contributed by atoms with van der Waals surface area (Å²) in [6.07, 6.45) is 1.36. The molecule has 1 saturated heterocycles. The zero-order valence-electron chi connectivity index (χ0n) is 22.2. The molecule has 1 N–H and O–H groups in total. The van der Waals surface area contributed by atoms with Gasteiger partial charge in [0.05, 0.1) is 29.6 Å². The lowest BCUT2D eigenvalue weighted by molar-refractivity contribution is -0.133. The van der Waals surface area contributed by atoms with E-state index in [1.807, 2.05) is 90.8 Å². The van der Waals surface area contributed by atoms with Crippen molar-refractivity contribution in [2.45, 2.75) is 43.6 Å². The molecule has 7 heteroatoms. The Bertz CT molecular complexity index is 1250. The summed E-state index contributed by atoms with van der Waals surface area (Å²) in [4.78, 5) is 18.5. The van der Waals surface area contributed by atoms with Gasteiger partial charge in [0.25, 0.3) is 0 Å². The lowest BCUT2D eigenvalue weighted by Crippen LogP contribution is -2.41. The minimum absolute atomic E-state index is 0.00118. The van der Waals surface area contributed by atoms with Crippen LogP contribution in [0.2, 0.25) is 0 Å². The molecule has 4 rings (SSSR count). The number of carbonyl (C=O) groups is 1. The van der Waals surface area contributed by atoms with Crippen molar-refractivity contribution in [1.29, 1.82) is 0 Å². The predicted molar refractivity (Wildman–Crippen MR) is 152 cm³/mol. The Hall–Kier alpha value is -3.00. The zero-order chi connectivity index (χ0) is 27.1. The number of hydrogen-bond acceptors (Lipinski definition) is 5. The highest BCUT2D eigenvalue weighted by molar-refractivity contribution is 7.90. The van der Waals surface area contributed by atoms with Crippen molar-refractivity contribution in [2.75, 3.05) is 32.4 Å². The third kappa shape index (κ3) is 7.31. The molecule has 38 heavy (non-hydrogen) atoms. The summed E-state index contributed by atoms with van der Waals surface area (Å²) in [5, 5.41) is 9.61. The summed E-state index contributed by atoms with van der Waals surface area (Å²) in [5.41, 5.74) is 3.46. The van der Waals surface area contributed by atoms with E-state index in [9.17, 15) is 18.3 Å². The van der Waals surface area contributed by atoms with E-state index < -0.39 is 21.9 Å². The van der Waals surface area contributed by atoms with Gasteiger partial charge < -0.3 is 14.9 Å². The molecule has 202 valence electrons. The molecule has 0 saturated carbocycles. The summed E-state index contributed by atoms with van der Waals surface area (Å²) >= 11 is 0. The van der Waals surface area contributed by atoms with Gasteiger partial charge in [-0.25, -0.2) is 8.42 Å². The van der Waals surface area contributed by atoms with Crippen LogP contribution in [0.3, 0.4) is 0 Å². The van der Waals surface area contributed by atoms with Crippen molar-refractivity contribution < 1.29 is 18.3 Å². The molecule has 1 heterocycles. The Balaban J connectivity index is 1.68. The van der Waals surface area contributed by atoms with E-state index in [2.05, 4.69) is 4.90 Å². The number of rotatable bonds is 11. The highest BCUT2D eigenvalue weighted by Crippen LogP contribution is 2.31. The molecule has 0 bridgehead atoms. The molecule has 1 amide bonds. The van der Waals surface area contributed by atoms with Crippen molar-refractivity contribution in [3.05, 3.63) is 107 Å². The molecule has 1 fully saturated rings. The summed E-state index contributed by atoms with van der Waals surface area (Å²) in [5.74, 6) is -0.865. The monoisotopic (exact) mass is 534 g/mol. The van der Waals surface area contributed by atoms with Crippen LogP contribution in [-0.2, 0) is 20.4 Å².